The maximum Gasteiger partial charge on any atom is 0.0568 e. The van der Waals surface area contributed by atoms with E-state index in [1.807, 2.05) is 0 Å². The van der Waals surface area contributed by atoms with E-state index < -0.39 is 0 Å². The van der Waals surface area contributed by atoms with Gasteiger partial charge in [0.25, 0.3) is 0 Å². The fraction of sp³-hybridized carbons (Fsp3) is 1.00. The Morgan fingerprint density at radius 2 is 1.36 bits per heavy atom. The first-order valence-electron chi connectivity index (χ1n) is 6.15. The van der Waals surface area contributed by atoms with Crippen LogP contribution in [0.1, 0.15) is 60.3 Å². The lowest BCUT2D eigenvalue weighted by Gasteiger charge is -2.26. The van der Waals surface area contributed by atoms with E-state index in [1.165, 1.54) is 12.8 Å². The minimum atomic E-state index is -0.0789. The molecule has 0 aliphatic heterocycles. The monoisotopic (exact) mass is 200 g/mol. The van der Waals surface area contributed by atoms with Crippen molar-refractivity contribution in [3.63, 3.8) is 0 Å². The van der Waals surface area contributed by atoms with Gasteiger partial charge in [-0.15, -0.1) is 0 Å². The molecular formula is C13H28O. The van der Waals surface area contributed by atoms with E-state index in [1.54, 1.807) is 0 Å². The maximum absolute atomic E-state index is 10.0. The SMILES string of the molecule is CCCC(O)C(CC(C)C)CC(C)C. The van der Waals surface area contributed by atoms with Crippen molar-refractivity contribution in [2.75, 3.05) is 0 Å². The third-order valence-corrected chi connectivity index (χ3v) is 2.68. The fourth-order valence-corrected chi connectivity index (χ4v) is 2.15. The summed E-state index contributed by atoms with van der Waals surface area (Å²) < 4.78 is 0. The highest BCUT2D eigenvalue weighted by Crippen LogP contribution is 2.25. The van der Waals surface area contributed by atoms with Gasteiger partial charge >= 0.3 is 0 Å². The average molecular weight is 200 g/mol. The van der Waals surface area contributed by atoms with E-state index in [9.17, 15) is 5.11 Å². The Morgan fingerprint density at radius 1 is 0.929 bits per heavy atom. The Kier molecular flexibility index (Phi) is 7.26. The maximum atomic E-state index is 10.0. The molecule has 1 heteroatoms. The van der Waals surface area contributed by atoms with Crippen molar-refractivity contribution in [2.45, 2.75) is 66.4 Å². The summed E-state index contributed by atoms with van der Waals surface area (Å²) in [5.41, 5.74) is 0. The van der Waals surface area contributed by atoms with Gasteiger partial charge in [-0.2, -0.15) is 0 Å². The van der Waals surface area contributed by atoms with E-state index in [0.29, 0.717) is 17.8 Å². The molecule has 0 aromatic rings. The topological polar surface area (TPSA) is 20.2 Å². The third-order valence-electron chi connectivity index (χ3n) is 2.68. The van der Waals surface area contributed by atoms with E-state index in [-0.39, 0.29) is 6.10 Å². The summed E-state index contributed by atoms with van der Waals surface area (Å²) in [4.78, 5) is 0. The van der Waals surface area contributed by atoms with Gasteiger partial charge in [-0.3, -0.25) is 0 Å². The summed E-state index contributed by atoms with van der Waals surface area (Å²) >= 11 is 0. The Bertz CT molecular complexity index is 119. The van der Waals surface area contributed by atoms with Gasteiger partial charge in [0.05, 0.1) is 6.10 Å². The summed E-state index contributed by atoms with van der Waals surface area (Å²) in [5.74, 6) is 1.91. The lowest BCUT2D eigenvalue weighted by Crippen LogP contribution is -2.23. The predicted octanol–water partition coefficient (Wildman–Crippen LogP) is 3.86. The van der Waals surface area contributed by atoms with Gasteiger partial charge in [0.2, 0.25) is 0 Å². The van der Waals surface area contributed by atoms with Crippen LogP contribution in [0.2, 0.25) is 0 Å². The Balaban J connectivity index is 4.08. The molecule has 0 radical (unpaired) electrons. The second-order valence-corrected chi connectivity index (χ2v) is 5.38. The summed E-state index contributed by atoms with van der Waals surface area (Å²) in [6.45, 7) is 11.1. The first kappa shape index (κ1) is 14.0. The molecule has 1 nitrogen and oxygen atoms in total. The third kappa shape index (κ3) is 6.42. The molecule has 0 spiro atoms. The Morgan fingerprint density at radius 3 is 1.64 bits per heavy atom. The highest BCUT2D eigenvalue weighted by molar-refractivity contribution is 4.71. The number of aliphatic hydroxyl groups is 1. The van der Waals surface area contributed by atoms with E-state index in [2.05, 4.69) is 34.6 Å². The van der Waals surface area contributed by atoms with Crippen molar-refractivity contribution in [3.05, 3.63) is 0 Å². The van der Waals surface area contributed by atoms with Crippen LogP contribution in [-0.4, -0.2) is 11.2 Å². The van der Waals surface area contributed by atoms with Crippen molar-refractivity contribution < 1.29 is 5.11 Å². The molecule has 0 rings (SSSR count). The molecule has 1 unspecified atom stereocenters. The van der Waals surface area contributed by atoms with Crippen LogP contribution in [0.25, 0.3) is 0 Å². The minimum absolute atomic E-state index is 0.0789. The Hall–Kier alpha value is -0.0400. The number of hydrogen-bond acceptors (Lipinski definition) is 1. The Labute approximate surface area is 89.9 Å². The molecule has 14 heavy (non-hydrogen) atoms. The lowest BCUT2D eigenvalue weighted by molar-refractivity contribution is 0.0739. The summed E-state index contributed by atoms with van der Waals surface area (Å²) in [6.07, 6.45) is 4.31. The highest BCUT2D eigenvalue weighted by Gasteiger charge is 2.20. The van der Waals surface area contributed by atoms with Crippen LogP contribution in [0.5, 0.6) is 0 Å². The molecule has 1 atom stereocenters. The van der Waals surface area contributed by atoms with Crippen LogP contribution in [0, 0.1) is 17.8 Å². The number of rotatable bonds is 7. The van der Waals surface area contributed by atoms with Gasteiger partial charge in [0, 0.05) is 0 Å². The van der Waals surface area contributed by atoms with Gasteiger partial charge in [-0.1, -0.05) is 41.0 Å². The van der Waals surface area contributed by atoms with E-state index in [0.717, 1.165) is 12.8 Å². The molecule has 0 amide bonds. The van der Waals surface area contributed by atoms with Gasteiger partial charge < -0.3 is 5.11 Å². The zero-order valence-electron chi connectivity index (χ0n) is 10.6. The first-order valence-corrected chi connectivity index (χ1v) is 6.15. The van der Waals surface area contributed by atoms with Crippen molar-refractivity contribution >= 4 is 0 Å². The smallest absolute Gasteiger partial charge is 0.0568 e. The minimum Gasteiger partial charge on any atom is -0.393 e. The van der Waals surface area contributed by atoms with Gasteiger partial charge in [-0.05, 0) is 37.0 Å². The van der Waals surface area contributed by atoms with Crippen molar-refractivity contribution in [1.29, 1.82) is 0 Å². The van der Waals surface area contributed by atoms with Crippen molar-refractivity contribution in [3.8, 4) is 0 Å². The summed E-state index contributed by atoms with van der Waals surface area (Å²) in [7, 11) is 0. The lowest BCUT2D eigenvalue weighted by atomic mass is 9.84. The molecule has 0 saturated carbocycles. The van der Waals surface area contributed by atoms with Gasteiger partial charge in [0.1, 0.15) is 0 Å². The largest absolute Gasteiger partial charge is 0.393 e. The molecule has 86 valence electrons. The van der Waals surface area contributed by atoms with Crippen LogP contribution < -0.4 is 0 Å². The molecule has 0 aliphatic carbocycles. The molecule has 0 aromatic heterocycles. The van der Waals surface area contributed by atoms with Crippen LogP contribution in [-0.2, 0) is 0 Å². The number of aliphatic hydroxyl groups excluding tert-OH is 1. The summed E-state index contributed by atoms with van der Waals surface area (Å²) in [6, 6.07) is 0. The summed E-state index contributed by atoms with van der Waals surface area (Å²) in [5, 5.41) is 10.0. The first-order chi connectivity index (χ1) is 6.47. The molecule has 0 saturated heterocycles. The standard InChI is InChI=1S/C13H28O/c1-6-7-13(14)12(8-10(2)3)9-11(4)5/h10-14H,6-9H2,1-5H3. The molecule has 0 fully saturated rings. The molecule has 1 N–H and O–H groups in total. The molecule has 0 heterocycles. The molecular weight excluding hydrogens is 172 g/mol. The second-order valence-electron chi connectivity index (χ2n) is 5.38. The van der Waals surface area contributed by atoms with E-state index >= 15 is 0 Å². The zero-order valence-corrected chi connectivity index (χ0v) is 10.6. The van der Waals surface area contributed by atoms with Crippen LogP contribution >= 0.6 is 0 Å². The van der Waals surface area contributed by atoms with Gasteiger partial charge in [-0.25, -0.2) is 0 Å². The predicted molar refractivity (Wildman–Crippen MR) is 63.3 cm³/mol. The molecule has 0 aliphatic rings. The van der Waals surface area contributed by atoms with E-state index in [4.69, 9.17) is 0 Å². The van der Waals surface area contributed by atoms with Crippen LogP contribution in [0.3, 0.4) is 0 Å². The molecule has 0 aromatic carbocycles. The quantitative estimate of drug-likeness (QED) is 0.661. The average Bonchev–Trinajstić information content (AvgIpc) is 2.01. The van der Waals surface area contributed by atoms with Crippen molar-refractivity contribution in [2.24, 2.45) is 17.8 Å². The zero-order chi connectivity index (χ0) is 11.1. The van der Waals surface area contributed by atoms with Crippen LogP contribution in [0.15, 0.2) is 0 Å². The fourth-order valence-electron chi connectivity index (χ4n) is 2.15. The van der Waals surface area contributed by atoms with Gasteiger partial charge in [0.15, 0.2) is 0 Å². The normalized spacial score (nSPS) is 14.4. The van der Waals surface area contributed by atoms with Crippen molar-refractivity contribution in [1.82, 2.24) is 0 Å². The number of hydrogen-bond donors (Lipinski definition) is 1. The highest BCUT2D eigenvalue weighted by atomic mass is 16.3. The van der Waals surface area contributed by atoms with Crippen LogP contribution in [0.4, 0.5) is 0 Å². The second kappa shape index (κ2) is 7.28. The molecule has 0 bridgehead atoms.